The quantitative estimate of drug-likeness (QED) is 0.679. The highest BCUT2D eigenvalue weighted by atomic mass is 16.4. The highest BCUT2D eigenvalue weighted by Crippen LogP contribution is 2.29. The number of hydrogen-bond donors (Lipinski definition) is 3. The first-order valence-corrected chi connectivity index (χ1v) is 7.15. The fourth-order valence-electron chi connectivity index (χ4n) is 2.60. The highest BCUT2D eigenvalue weighted by Gasteiger charge is 2.34. The normalized spacial score (nSPS) is 26.5. The Hall–Kier alpha value is -1.10. The number of amides is 1. The molecule has 5 nitrogen and oxygen atoms in total. The molecule has 3 atom stereocenters. The molecule has 0 aromatic rings. The Morgan fingerprint density at radius 3 is 2.53 bits per heavy atom. The van der Waals surface area contributed by atoms with E-state index in [4.69, 9.17) is 5.73 Å². The van der Waals surface area contributed by atoms with Crippen LogP contribution < -0.4 is 11.1 Å². The summed E-state index contributed by atoms with van der Waals surface area (Å²) in [5, 5.41) is 12.0. The molecule has 0 saturated heterocycles. The summed E-state index contributed by atoms with van der Waals surface area (Å²) in [6.45, 7) is 4.20. The Kier molecular flexibility index (Phi) is 5.79. The van der Waals surface area contributed by atoms with Gasteiger partial charge in [0.15, 0.2) is 0 Å². The van der Waals surface area contributed by atoms with E-state index in [-0.39, 0.29) is 24.3 Å². The maximum atomic E-state index is 12.2. The average molecular weight is 270 g/mol. The van der Waals surface area contributed by atoms with Gasteiger partial charge in [-0.2, -0.15) is 0 Å². The third-order valence-electron chi connectivity index (χ3n) is 4.50. The van der Waals surface area contributed by atoms with Gasteiger partial charge in [-0.25, -0.2) is 0 Å². The number of carbonyl (C=O) groups excluding carboxylic acids is 1. The smallest absolute Gasteiger partial charge is 0.311 e. The molecule has 19 heavy (non-hydrogen) atoms. The Labute approximate surface area is 114 Å². The molecule has 1 amide bonds. The van der Waals surface area contributed by atoms with E-state index in [0.717, 1.165) is 25.7 Å². The summed E-state index contributed by atoms with van der Waals surface area (Å²) in [6, 6.07) is 0. The van der Waals surface area contributed by atoms with E-state index in [1.807, 2.05) is 6.92 Å². The van der Waals surface area contributed by atoms with Crippen LogP contribution in [0.1, 0.15) is 46.0 Å². The summed E-state index contributed by atoms with van der Waals surface area (Å²) in [5.74, 6) is -0.703. The number of carboxylic acids is 1. The number of carbonyl (C=O) groups is 2. The molecule has 0 aromatic carbocycles. The standard InChI is InChI=1S/C14H26N2O3/c1-3-14(2,13(18)19)9-16-12(17)11-7-5-4-6-10(11)8-15/h10-11H,3-9,15H2,1-2H3,(H,16,17)(H,18,19). The number of carboxylic acid groups (broad SMARTS) is 1. The second-order valence-electron chi connectivity index (χ2n) is 5.82. The Bertz CT molecular complexity index is 333. The maximum absolute atomic E-state index is 12.2. The molecule has 0 heterocycles. The van der Waals surface area contributed by atoms with Crippen molar-refractivity contribution in [2.24, 2.45) is 23.0 Å². The molecule has 0 aliphatic heterocycles. The summed E-state index contributed by atoms with van der Waals surface area (Å²) in [4.78, 5) is 23.4. The van der Waals surface area contributed by atoms with Crippen LogP contribution in [0.2, 0.25) is 0 Å². The largest absolute Gasteiger partial charge is 0.481 e. The summed E-state index contributed by atoms with van der Waals surface area (Å²) >= 11 is 0. The van der Waals surface area contributed by atoms with Crippen molar-refractivity contribution < 1.29 is 14.7 Å². The van der Waals surface area contributed by atoms with Crippen LogP contribution >= 0.6 is 0 Å². The number of aliphatic carboxylic acids is 1. The van der Waals surface area contributed by atoms with Crippen molar-refractivity contribution in [1.82, 2.24) is 5.32 Å². The van der Waals surface area contributed by atoms with Crippen LogP contribution in [-0.4, -0.2) is 30.1 Å². The highest BCUT2D eigenvalue weighted by molar-refractivity contribution is 5.80. The minimum absolute atomic E-state index is 0.0314. The summed E-state index contributed by atoms with van der Waals surface area (Å²) in [6.07, 6.45) is 4.54. The molecule has 1 aliphatic carbocycles. The summed E-state index contributed by atoms with van der Waals surface area (Å²) < 4.78 is 0. The molecule has 3 unspecified atom stereocenters. The van der Waals surface area contributed by atoms with Crippen LogP contribution in [0.5, 0.6) is 0 Å². The average Bonchev–Trinajstić information content (AvgIpc) is 2.43. The number of hydrogen-bond acceptors (Lipinski definition) is 3. The molecule has 110 valence electrons. The fraction of sp³-hybridized carbons (Fsp3) is 0.857. The van der Waals surface area contributed by atoms with E-state index < -0.39 is 11.4 Å². The van der Waals surface area contributed by atoms with Crippen LogP contribution in [0.15, 0.2) is 0 Å². The van der Waals surface area contributed by atoms with Crippen molar-refractivity contribution in [1.29, 1.82) is 0 Å². The molecule has 5 heteroatoms. The summed E-state index contributed by atoms with van der Waals surface area (Å²) in [5.41, 5.74) is 4.83. The van der Waals surface area contributed by atoms with Gasteiger partial charge in [0.25, 0.3) is 0 Å². The molecule has 1 saturated carbocycles. The van der Waals surface area contributed by atoms with Crippen LogP contribution in [0.25, 0.3) is 0 Å². The molecular formula is C14H26N2O3. The molecule has 1 aliphatic rings. The molecule has 1 rings (SSSR count). The lowest BCUT2D eigenvalue weighted by Gasteiger charge is -2.31. The lowest BCUT2D eigenvalue weighted by Crippen LogP contribution is -2.45. The van der Waals surface area contributed by atoms with Crippen LogP contribution in [0.4, 0.5) is 0 Å². The predicted octanol–water partition coefficient (Wildman–Crippen LogP) is 1.37. The number of rotatable bonds is 6. The van der Waals surface area contributed by atoms with E-state index in [9.17, 15) is 14.7 Å². The molecule has 4 N–H and O–H groups in total. The first-order valence-electron chi connectivity index (χ1n) is 7.15. The molecule has 0 spiro atoms. The fourth-order valence-corrected chi connectivity index (χ4v) is 2.60. The zero-order chi connectivity index (χ0) is 14.5. The Balaban J connectivity index is 2.56. The monoisotopic (exact) mass is 270 g/mol. The predicted molar refractivity (Wildman–Crippen MR) is 73.5 cm³/mol. The molecule has 0 aromatic heterocycles. The van der Waals surface area contributed by atoms with Crippen LogP contribution in [0.3, 0.4) is 0 Å². The van der Waals surface area contributed by atoms with Crippen LogP contribution in [0, 0.1) is 17.3 Å². The Morgan fingerprint density at radius 1 is 1.37 bits per heavy atom. The second-order valence-corrected chi connectivity index (χ2v) is 5.82. The second kappa shape index (κ2) is 6.89. The van der Waals surface area contributed by atoms with Crippen molar-refractivity contribution in [2.75, 3.05) is 13.1 Å². The zero-order valence-corrected chi connectivity index (χ0v) is 11.9. The summed E-state index contributed by atoms with van der Waals surface area (Å²) in [7, 11) is 0. The zero-order valence-electron chi connectivity index (χ0n) is 11.9. The maximum Gasteiger partial charge on any atom is 0.311 e. The van der Waals surface area contributed by atoms with Gasteiger partial charge in [-0.3, -0.25) is 9.59 Å². The van der Waals surface area contributed by atoms with Crippen molar-refractivity contribution in [3.63, 3.8) is 0 Å². The van der Waals surface area contributed by atoms with Gasteiger partial charge in [0.1, 0.15) is 0 Å². The van der Waals surface area contributed by atoms with E-state index in [0.29, 0.717) is 13.0 Å². The van der Waals surface area contributed by atoms with Gasteiger partial charge in [-0.1, -0.05) is 19.8 Å². The van der Waals surface area contributed by atoms with Crippen molar-refractivity contribution in [3.8, 4) is 0 Å². The van der Waals surface area contributed by atoms with Gasteiger partial charge in [0.2, 0.25) is 5.91 Å². The van der Waals surface area contributed by atoms with Crippen molar-refractivity contribution in [3.05, 3.63) is 0 Å². The van der Waals surface area contributed by atoms with Gasteiger partial charge in [0, 0.05) is 12.5 Å². The Morgan fingerprint density at radius 2 is 2.00 bits per heavy atom. The van der Waals surface area contributed by atoms with Gasteiger partial charge < -0.3 is 16.2 Å². The minimum atomic E-state index is -0.886. The number of nitrogens with two attached hydrogens (primary N) is 1. The van der Waals surface area contributed by atoms with Gasteiger partial charge in [-0.05, 0) is 38.6 Å². The minimum Gasteiger partial charge on any atom is -0.481 e. The van der Waals surface area contributed by atoms with Gasteiger partial charge in [-0.15, -0.1) is 0 Å². The van der Waals surface area contributed by atoms with E-state index in [2.05, 4.69) is 5.32 Å². The topological polar surface area (TPSA) is 92.4 Å². The molecular weight excluding hydrogens is 244 g/mol. The first-order chi connectivity index (χ1) is 8.94. The van der Waals surface area contributed by atoms with E-state index in [1.54, 1.807) is 6.92 Å². The SMILES string of the molecule is CCC(C)(CNC(=O)C1CCCCC1CN)C(=O)O. The van der Waals surface area contributed by atoms with E-state index in [1.165, 1.54) is 0 Å². The lowest BCUT2D eigenvalue weighted by molar-refractivity contribution is -0.148. The van der Waals surface area contributed by atoms with E-state index >= 15 is 0 Å². The van der Waals surface area contributed by atoms with Crippen molar-refractivity contribution in [2.45, 2.75) is 46.0 Å². The first kappa shape index (κ1) is 16.0. The third kappa shape index (κ3) is 3.93. The molecule has 1 fully saturated rings. The third-order valence-corrected chi connectivity index (χ3v) is 4.50. The number of nitrogens with one attached hydrogen (secondary N) is 1. The molecule has 0 radical (unpaired) electrons. The van der Waals surface area contributed by atoms with Crippen molar-refractivity contribution >= 4 is 11.9 Å². The lowest BCUT2D eigenvalue weighted by atomic mass is 9.78. The van der Waals surface area contributed by atoms with Gasteiger partial charge in [0.05, 0.1) is 5.41 Å². The van der Waals surface area contributed by atoms with Gasteiger partial charge >= 0.3 is 5.97 Å². The molecule has 0 bridgehead atoms. The van der Waals surface area contributed by atoms with Crippen LogP contribution in [-0.2, 0) is 9.59 Å².